The Morgan fingerprint density at radius 1 is 1.17 bits per heavy atom. The molecule has 0 saturated heterocycles. The molecular weight excluding hydrogens is 534 g/mol. The van der Waals surface area contributed by atoms with Crippen molar-refractivity contribution < 1.29 is 19.5 Å². The van der Waals surface area contributed by atoms with E-state index in [4.69, 9.17) is 0 Å². The summed E-state index contributed by atoms with van der Waals surface area (Å²) in [5.41, 5.74) is 1.19. The number of aldehydes is 2. The average Bonchev–Trinajstić information content (AvgIpc) is 2.91. The van der Waals surface area contributed by atoms with Gasteiger partial charge >= 0.3 is 0 Å². The molecule has 2 saturated carbocycles. The average molecular weight is 588 g/mol. The standard InChI is InChI=1S/C33H53N3O4S/c1-25-18-26-20-32(2,24-33(40,19-25)21-26)35-15-8-6-5-7-9-17-41-30-14-10-12-27(23-38)28(30)22-36(4)29(13-11-16-37)31(39)34-3/h10,12,14,16,23,25-26,29,35,40H,5-9,11,13,15,17-22,24H2,1-4H3,(H,34,39). The van der Waals surface area contributed by atoms with Crippen LogP contribution in [0.15, 0.2) is 23.1 Å². The Bertz CT molecular complexity index is 1000. The van der Waals surface area contributed by atoms with Gasteiger partial charge in [0.1, 0.15) is 12.6 Å². The predicted octanol–water partition coefficient (Wildman–Crippen LogP) is 5.38. The normalized spacial score (nSPS) is 26.5. The summed E-state index contributed by atoms with van der Waals surface area (Å²) < 4.78 is 0. The number of amides is 1. The van der Waals surface area contributed by atoms with Crippen LogP contribution >= 0.6 is 11.8 Å². The van der Waals surface area contributed by atoms with E-state index in [1.807, 2.05) is 24.1 Å². The fraction of sp³-hybridized carbons (Fsp3) is 0.727. The van der Waals surface area contributed by atoms with Gasteiger partial charge in [0.2, 0.25) is 5.91 Å². The zero-order valence-electron chi connectivity index (χ0n) is 25.8. The maximum Gasteiger partial charge on any atom is 0.237 e. The van der Waals surface area contributed by atoms with E-state index in [1.54, 1.807) is 18.8 Å². The lowest BCUT2D eigenvalue weighted by molar-refractivity contribution is -0.126. The van der Waals surface area contributed by atoms with E-state index in [0.717, 1.165) is 67.4 Å². The minimum atomic E-state index is -0.470. The van der Waals surface area contributed by atoms with Crippen molar-refractivity contribution in [3.63, 3.8) is 0 Å². The Kier molecular flexibility index (Phi) is 13.3. The third-order valence-corrected chi connectivity index (χ3v) is 10.3. The number of hydrogen-bond acceptors (Lipinski definition) is 7. The van der Waals surface area contributed by atoms with Crippen LogP contribution in [-0.2, 0) is 16.1 Å². The largest absolute Gasteiger partial charge is 0.390 e. The second-order valence-electron chi connectivity index (χ2n) is 13.1. The molecule has 3 N–H and O–H groups in total. The van der Waals surface area contributed by atoms with Gasteiger partial charge < -0.3 is 20.5 Å². The summed E-state index contributed by atoms with van der Waals surface area (Å²) in [6.45, 7) is 6.09. The van der Waals surface area contributed by atoms with Crippen LogP contribution in [0, 0.1) is 11.8 Å². The molecule has 2 aliphatic carbocycles. The van der Waals surface area contributed by atoms with Crippen LogP contribution < -0.4 is 10.6 Å². The van der Waals surface area contributed by atoms with Crippen LogP contribution in [0.1, 0.15) is 107 Å². The van der Waals surface area contributed by atoms with Gasteiger partial charge in [-0.3, -0.25) is 14.5 Å². The predicted molar refractivity (Wildman–Crippen MR) is 167 cm³/mol. The number of unbranched alkanes of at least 4 members (excludes halogenated alkanes) is 4. The maximum atomic E-state index is 12.4. The third kappa shape index (κ3) is 10.2. The molecule has 0 spiro atoms. The summed E-state index contributed by atoms with van der Waals surface area (Å²) in [4.78, 5) is 38.2. The molecule has 41 heavy (non-hydrogen) atoms. The van der Waals surface area contributed by atoms with Crippen LogP contribution in [0.2, 0.25) is 0 Å². The first-order valence-corrected chi connectivity index (χ1v) is 16.6. The number of carbonyl (C=O) groups excluding carboxylic acids is 3. The SMILES string of the molecule is CNC(=O)C(CCC=O)N(C)Cc1c(C=O)cccc1SCCCCCCCNC1(C)CC2CC(C)CC(O)(C2)C1. The van der Waals surface area contributed by atoms with Crippen molar-refractivity contribution in [2.45, 2.75) is 120 Å². The van der Waals surface area contributed by atoms with Crippen molar-refractivity contribution in [3.05, 3.63) is 29.3 Å². The first kappa shape index (κ1) is 33.8. The molecule has 0 heterocycles. The lowest BCUT2D eigenvalue weighted by atomic mass is 9.60. The highest BCUT2D eigenvalue weighted by Crippen LogP contribution is 2.48. The molecular formula is C33H53N3O4S. The second-order valence-corrected chi connectivity index (χ2v) is 14.2. The molecule has 3 rings (SSSR count). The highest BCUT2D eigenvalue weighted by molar-refractivity contribution is 7.99. The van der Waals surface area contributed by atoms with E-state index in [-0.39, 0.29) is 11.4 Å². The van der Waals surface area contributed by atoms with Gasteiger partial charge in [-0.2, -0.15) is 0 Å². The van der Waals surface area contributed by atoms with Gasteiger partial charge in [-0.05, 0) is 101 Å². The molecule has 0 radical (unpaired) electrons. The van der Waals surface area contributed by atoms with E-state index in [9.17, 15) is 19.5 Å². The van der Waals surface area contributed by atoms with Crippen molar-refractivity contribution in [2.75, 3.05) is 26.4 Å². The van der Waals surface area contributed by atoms with Crippen molar-refractivity contribution in [2.24, 2.45) is 11.8 Å². The minimum absolute atomic E-state index is 0.0606. The number of fused-ring (bicyclic) bond motifs is 2. The Labute approximate surface area is 252 Å². The van der Waals surface area contributed by atoms with Gasteiger partial charge in [-0.25, -0.2) is 0 Å². The highest BCUT2D eigenvalue weighted by Gasteiger charge is 2.48. The summed E-state index contributed by atoms with van der Waals surface area (Å²) >= 11 is 1.78. The molecule has 5 atom stereocenters. The Hall–Kier alpha value is -1.74. The van der Waals surface area contributed by atoms with Crippen molar-refractivity contribution >= 4 is 30.2 Å². The fourth-order valence-electron chi connectivity index (χ4n) is 7.51. The summed E-state index contributed by atoms with van der Waals surface area (Å²) in [6, 6.07) is 5.38. The van der Waals surface area contributed by atoms with Crippen LogP contribution in [-0.4, -0.2) is 72.1 Å². The number of thioether (sulfide) groups is 1. The topological polar surface area (TPSA) is 98.7 Å². The Balaban J connectivity index is 1.39. The minimum Gasteiger partial charge on any atom is -0.390 e. The molecule has 1 aromatic rings. The van der Waals surface area contributed by atoms with Crippen molar-refractivity contribution in [1.29, 1.82) is 0 Å². The zero-order valence-corrected chi connectivity index (χ0v) is 26.6. The molecule has 8 heteroatoms. The number of aliphatic hydroxyl groups is 1. The quantitative estimate of drug-likeness (QED) is 0.121. The number of benzene rings is 1. The molecule has 1 aromatic carbocycles. The highest BCUT2D eigenvalue weighted by atomic mass is 32.2. The monoisotopic (exact) mass is 587 g/mol. The summed E-state index contributed by atoms with van der Waals surface area (Å²) in [7, 11) is 3.48. The molecule has 1 amide bonds. The number of carbonyl (C=O) groups is 3. The molecule has 2 fully saturated rings. The number of nitrogens with one attached hydrogen (secondary N) is 2. The molecule has 0 aromatic heterocycles. The molecule has 5 unspecified atom stereocenters. The van der Waals surface area contributed by atoms with Gasteiger partial charge in [0.25, 0.3) is 0 Å². The van der Waals surface area contributed by atoms with E-state index >= 15 is 0 Å². The van der Waals surface area contributed by atoms with Crippen LogP contribution in [0.3, 0.4) is 0 Å². The molecule has 230 valence electrons. The van der Waals surface area contributed by atoms with Crippen molar-refractivity contribution in [1.82, 2.24) is 15.5 Å². The lowest BCUT2D eigenvalue weighted by Gasteiger charge is -2.52. The van der Waals surface area contributed by atoms with Crippen LogP contribution in [0.25, 0.3) is 0 Å². The van der Waals surface area contributed by atoms with Gasteiger partial charge in [-0.1, -0.05) is 38.3 Å². The number of likely N-dealkylation sites (N-methyl/N-ethyl adjacent to an activating group) is 2. The summed E-state index contributed by atoms with van der Waals surface area (Å²) in [6.07, 6.45) is 13.6. The first-order valence-electron chi connectivity index (χ1n) is 15.6. The molecule has 2 bridgehead atoms. The van der Waals surface area contributed by atoms with Gasteiger partial charge in [0.05, 0.1) is 11.6 Å². The number of rotatable bonds is 18. The Morgan fingerprint density at radius 3 is 2.63 bits per heavy atom. The van der Waals surface area contributed by atoms with E-state index < -0.39 is 11.6 Å². The van der Waals surface area contributed by atoms with Gasteiger partial charge in [0, 0.05) is 36.0 Å². The van der Waals surface area contributed by atoms with Crippen molar-refractivity contribution in [3.8, 4) is 0 Å². The number of hydrogen-bond donors (Lipinski definition) is 3. The van der Waals surface area contributed by atoms with E-state index in [1.165, 1.54) is 32.1 Å². The van der Waals surface area contributed by atoms with Crippen LogP contribution in [0.4, 0.5) is 0 Å². The fourth-order valence-corrected chi connectivity index (χ4v) is 8.61. The van der Waals surface area contributed by atoms with E-state index in [2.05, 4.69) is 30.5 Å². The number of nitrogens with zero attached hydrogens (tertiary/aromatic N) is 1. The summed E-state index contributed by atoms with van der Waals surface area (Å²) in [5, 5.41) is 17.6. The maximum absolute atomic E-state index is 12.4. The molecule has 7 nitrogen and oxygen atoms in total. The first-order chi connectivity index (χ1) is 19.6. The third-order valence-electron chi connectivity index (χ3n) is 9.06. The lowest BCUT2D eigenvalue weighted by Crippen LogP contribution is -2.57. The summed E-state index contributed by atoms with van der Waals surface area (Å²) in [5.74, 6) is 2.16. The molecule has 2 aliphatic rings. The molecule has 0 aliphatic heterocycles. The zero-order chi connectivity index (χ0) is 29.9. The van der Waals surface area contributed by atoms with Crippen LogP contribution in [0.5, 0.6) is 0 Å². The smallest absolute Gasteiger partial charge is 0.237 e. The second kappa shape index (κ2) is 16.2. The van der Waals surface area contributed by atoms with Gasteiger partial charge in [0.15, 0.2) is 0 Å². The van der Waals surface area contributed by atoms with Gasteiger partial charge in [-0.15, -0.1) is 11.8 Å². The van der Waals surface area contributed by atoms with E-state index in [0.29, 0.717) is 36.8 Å². The Morgan fingerprint density at radius 2 is 1.93 bits per heavy atom.